The molecule has 0 saturated carbocycles. The first-order chi connectivity index (χ1) is 15.0. The summed E-state index contributed by atoms with van der Waals surface area (Å²) < 4.78 is 0. The Labute approximate surface area is 189 Å². The van der Waals surface area contributed by atoms with Crippen LogP contribution < -0.4 is 0 Å². The Morgan fingerprint density at radius 2 is 1.74 bits per heavy atom. The van der Waals surface area contributed by atoms with Gasteiger partial charge in [-0.1, -0.05) is 29.8 Å². The van der Waals surface area contributed by atoms with E-state index in [0.717, 1.165) is 61.6 Å². The Hall–Kier alpha value is -2.40. The maximum absolute atomic E-state index is 13.1. The van der Waals surface area contributed by atoms with Gasteiger partial charge in [0.15, 0.2) is 0 Å². The number of carbonyl (C=O) groups excluding carboxylic acids is 2. The molecule has 2 fully saturated rings. The third kappa shape index (κ3) is 5.45. The molecule has 0 spiro atoms. The molecular formula is C25H30ClN3O2. The van der Waals surface area contributed by atoms with Crippen LogP contribution in [0.25, 0.3) is 0 Å². The third-order valence-corrected chi connectivity index (χ3v) is 6.82. The van der Waals surface area contributed by atoms with E-state index < -0.39 is 0 Å². The van der Waals surface area contributed by atoms with Crippen molar-refractivity contribution in [2.75, 3.05) is 26.2 Å². The van der Waals surface area contributed by atoms with E-state index in [1.165, 1.54) is 5.56 Å². The fraction of sp³-hybridized carbons (Fsp3) is 0.480. The smallest absolute Gasteiger partial charge is 0.225 e. The molecule has 4 rings (SSSR count). The van der Waals surface area contributed by atoms with Crippen molar-refractivity contribution in [3.63, 3.8) is 0 Å². The summed E-state index contributed by atoms with van der Waals surface area (Å²) in [7, 11) is 0. The molecule has 2 saturated heterocycles. The van der Waals surface area contributed by atoms with Gasteiger partial charge in [0.25, 0.3) is 0 Å². The molecule has 1 atom stereocenters. The number of piperidine rings is 2. The lowest BCUT2D eigenvalue weighted by atomic mass is 9.90. The minimum absolute atomic E-state index is 0.0403. The van der Waals surface area contributed by atoms with Crippen LogP contribution in [0.5, 0.6) is 0 Å². The highest BCUT2D eigenvalue weighted by molar-refractivity contribution is 6.30. The maximum atomic E-state index is 13.1. The largest absolute Gasteiger partial charge is 0.343 e. The lowest BCUT2D eigenvalue weighted by Crippen LogP contribution is -2.46. The van der Waals surface area contributed by atoms with E-state index in [9.17, 15) is 9.59 Å². The van der Waals surface area contributed by atoms with E-state index in [4.69, 9.17) is 16.6 Å². The van der Waals surface area contributed by atoms with Crippen LogP contribution in [0.4, 0.5) is 0 Å². The second kappa shape index (κ2) is 9.82. The molecule has 2 aliphatic heterocycles. The van der Waals surface area contributed by atoms with Gasteiger partial charge in [0.05, 0.1) is 0 Å². The summed E-state index contributed by atoms with van der Waals surface area (Å²) in [5, 5.41) is 0.740. The Morgan fingerprint density at radius 1 is 1.00 bits per heavy atom. The molecule has 31 heavy (non-hydrogen) atoms. The summed E-state index contributed by atoms with van der Waals surface area (Å²) in [6.45, 7) is 4.55. The molecule has 0 radical (unpaired) electrons. The average Bonchev–Trinajstić information content (AvgIpc) is 2.80. The molecule has 1 aromatic carbocycles. The lowest BCUT2D eigenvalue weighted by Gasteiger charge is -2.37. The number of rotatable bonds is 4. The van der Waals surface area contributed by atoms with Crippen LogP contribution in [-0.4, -0.2) is 52.8 Å². The van der Waals surface area contributed by atoms with E-state index in [2.05, 4.69) is 18.2 Å². The SMILES string of the molecule is CC(=O)N1CCC(C(=O)N2CCC[C@H](c3cccc(Cc4ccc(Cl)cc4)n3)C2)CC1. The van der Waals surface area contributed by atoms with Gasteiger partial charge in [0, 0.05) is 67.8 Å². The van der Waals surface area contributed by atoms with Gasteiger partial charge in [-0.05, 0) is 55.5 Å². The van der Waals surface area contributed by atoms with Gasteiger partial charge < -0.3 is 9.80 Å². The number of carbonyl (C=O) groups is 2. The van der Waals surface area contributed by atoms with Gasteiger partial charge >= 0.3 is 0 Å². The third-order valence-electron chi connectivity index (χ3n) is 6.57. The van der Waals surface area contributed by atoms with Crippen molar-refractivity contribution >= 4 is 23.4 Å². The first-order valence-electron chi connectivity index (χ1n) is 11.2. The van der Waals surface area contributed by atoms with Gasteiger partial charge in [-0.15, -0.1) is 0 Å². The molecule has 2 amide bonds. The van der Waals surface area contributed by atoms with Crippen LogP contribution in [0.15, 0.2) is 42.5 Å². The summed E-state index contributed by atoms with van der Waals surface area (Å²) in [4.78, 5) is 33.5. The molecule has 0 unspecified atom stereocenters. The molecule has 3 heterocycles. The van der Waals surface area contributed by atoms with Crippen molar-refractivity contribution in [2.24, 2.45) is 5.92 Å². The zero-order valence-corrected chi connectivity index (χ0v) is 18.9. The number of nitrogens with zero attached hydrogens (tertiary/aromatic N) is 3. The molecular weight excluding hydrogens is 410 g/mol. The minimum atomic E-state index is 0.0403. The van der Waals surface area contributed by atoms with Crippen molar-refractivity contribution < 1.29 is 9.59 Å². The number of likely N-dealkylation sites (tertiary alicyclic amines) is 2. The van der Waals surface area contributed by atoms with Gasteiger partial charge in [-0.2, -0.15) is 0 Å². The zero-order chi connectivity index (χ0) is 21.8. The molecule has 0 N–H and O–H groups in total. The molecule has 2 aromatic rings. The highest BCUT2D eigenvalue weighted by Gasteiger charge is 2.32. The molecule has 0 aliphatic carbocycles. The zero-order valence-electron chi connectivity index (χ0n) is 18.1. The van der Waals surface area contributed by atoms with Gasteiger partial charge in [-0.25, -0.2) is 0 Å². The molecule has 0 bridgehead atoms. The normalized spacial score (nSPS) is 20.0. The van der Waals surface area contributed by atoms with Crippen molar-refractivity contribution in [1.29, 1.82) is 0 Å². The number of amides is 2. The molecule has 6 heteroatoms. The minimum Gasteiger partial charge on any atom is -0.343 e. The first-order valence-corrected chi connectivity index (χ1v) is 11.6. The number of pyridine rings is 1. The fourth-order valence-corrected chi connectivity index (χ4v) is 4.88. The first kappa shape index (κ1) is 21.8. The van der Waals surface area contributed by atoms with Gasteiger partial charge in [0.2, 0.25) is 11.8 Å². The number of hydrogen-bond acceptors (Lipinski definition) is 3. The Balaban J connectivity index is 1.38. The Kier molecular flexibility index (Phi) is 6.91. The maximum Gasteiger partial charge on any atom is 0.225 e. The van der Waals surface area contributed by atoms with E-state index in [-0.39, 0.29) is 23.7 Å². The standard InChI is InChI=1S/C25H30ClN3O2/c1-18(30)28-14-11-20(12-15-28)25(31)29-13-3-4-21(17-29)24-6-2-5-23(27-24)16-19-7-9-22(26)10-8-19/h2,5-10,20-21H,3-4,11-17H2,1H3/t21-/m0/s1. The number of benzene rings is 1. The van der Waals surface area contributed by atoms with E-state index in [0.29, 0.717) is 13.1 Å². The predicted octanol–water partition coefficient (Wildman–Crippen LogP) is 4.29. The van der Waals surface area contributed by atoms with Crippen LogP contribution in [-0.2, 0) is 16.0 Å². The number of aromatic nitrogens is 1. The van der Waals surface area contributed by atoms with Crippen LogP contribution in [0.2, 0.25) is 5.02 Å². The summed E-state index contributed by atoms with van der Waals surface area (Å²) in [5.41, 5.74) is 3.31. The van der Waals surface area contributed by atoms with Crippen LogP contribution in [0, 0.1) is 5.92 Å². The van der Waals surface area contributed by atoms with Crippen LogP contribution >= 0.6 is 11.6 Å². The highest BCUT2D eigenvalue weighted by atomic mass is 35.5. The molecule has 5 nitrogen and oxygen atoms in total. The second-order valence-corrected chi connectivity index (χ2v) is 9.20. The number of halogens is 1. The average molecular weight is 440 g/mol. The second-order valence-electron chi connectivity index (χ2n) is 8.76. The van der Waals surface area contributed by atoms with Gasteiger partial charge in [0.1, 0.15) is 0 Å². The van der Waals surface area contributed by atoms with Crippen LogP contribution in [0.1, 0.15) is 55.5 Å². The van der Waals surface area contributed by atoms with Crippen molar-refractivity contribution in [3.8, 4) is 0 Å². The lowest BCUT2D eigenvalue weighted by molar-refractivity contribution is -0.141. The predicted molar refractivity (Wildman–Crippen MR) is 122 cm³/mol. The quantitative estimate of drug-likeness (QED) is 0.714. The monoisotopic (exact) mass is 439 g/mol. The number of hydrogen-bond donors (Lipinski definition) is 0. The summed E-state index contributed by atoms with van der Waals surface area (Å²) in [6, 6.07) is 14.1. The van der Waals surface area contributed by atoms with Crippen molar-refractivity contribution in [1.82, 2.24) is 14.8 Å². The summed E-state index contributed by atoms with van der Waals surface area (Å²) in [6.07, 6.45) is 4.38. The van der Waals surface area contributed by atoms with E-state index >= 15 is 0 Å². The molecule has 2 aliphatic rings. The van der Waals surface area contributed by atoms with Crippen molar-refractivity contribution in [2.45, 2.75) is 44.9 Å². The fourth-order valence-electron chi connectivity index (χ4n) is 4.75. The van der Waals surface area contributed by atoms with Gasteiger partial charge in [-0.3, -0.25) is 14.6 Å². The molecule has 1 aromatic heterocycles. The van der Waals surface area contributed by atoms with Crippen molar-refractivity contribution in [3.05, 3.63) is 64.4 Å². The Morgan fingerprint density at radius 3 is 2.45 bits per heavy atom. The summed E-state index contributed by atoms with van der Waals surface area (Å²) >= 11 is 5.99. The highest BCUT2D eigenvalue weighted by Crippen LogP contribution is 2.29. The van der Waals surface area contributed by atoms with E-state index in [1.807, 2.05) is 34.1 Å². The molecule has 164 valence electrons. The Bertz CT molecular complexity index is 923. The summed E-state index contributed by atoms with van der Waals surface area (Å²) in [5.74, 6) is 0.678. The topological polar surface area (TPSA) is 53.5 Å². The van der Waals surface area contributed by atoms with E-state index in [1.54, 1.807) is 6.92 Å². The van der Waals surface area contributed by atoms with Crippen LogP contribution in [0.3, 0.4) is 0 Å².